The molecule has 0 saturated carbocycles. The first kappa shape index (κ1) is 21.0. The van der Waals surface area contributed by atoms with Crippen LogP contribution in [0.3, 0.4) is 0 Å². The zero-order valence-electron chi connectivity index (χ0n) is 16.5. The average Bonchev–Trinajstić information content (AvgIpc) is 2.70. The number of nitrogens with one attached hydrogen (secondary N) is 2. The molecule has 0 unspecified atom stereocenters. The van der Waals surface area contributed by atoms with Gasteiger partial charge in [0.1, 0.15) is 0 Å². The fourth-order valence-corrected chi connectivity index (χ4v) is 2.43. The van der Waals surface area contributed by atoms with Crippen LogP contribution in [0, 0.1) is 6.92 Å². The molecule has 28 heavy (non-hydrogen) atoms. The van der Waals surface area contributed by atoms with Crippen molar-refractivity contribution in [1.29, 1.82) is 0 Å². The molecule has 0 fully saturated rings. The Labute approximate surface area is 165 Å². The summed E-state index contributed by atoms with van der Waals surface area (Å²) in [6, 6.07) is 12.6. The first-order valence-corrected chi connectivity index (χ1v) is 9.19. The summed E-state index contributed by atoms with van der Waals surface area (Å²) in [6.45, 7) is 4.65. The summed E-state index contributed by atoms with van der Waals surface area (Å²) in [5.74, 6) is 0.170. The quantitative estimate of drug-likeness (QED) is 0.415. The number of carbonyl (C=O) groups is 2. The normalized spacial score (nSPS) is 10.5. The molecular weight excluding hydrogens is 356 g/mol. The Bertz CT molecular complexity index is 846. The van der Waals surface area contributed by atoms with Gasteiger partial charge in [-0.1, -0.05) is 43.2 Å². The van der Waals surface area contributed by atoms with Crippen LogP contribution in [0.15, 0.2) is 48.5 Å². The molecule has 0 aromatic heterocycles. The van der Waals surface area contributed by atoms with E-state index in [-0.39, 0.29) is 0 Å². The lowest BCUT2D eigenvalue weighted by Crippen LogP contribution is -2.40. The molecule has 0 bridgehead atoms. The SMILES string of the molecule is CCCCOc1ccc(C(=O)NNC(=O)/C=C/c2cccc(C)c2)cc1OC. The number of ether oxygens (including phenoxy) is 2. The Morgan fingerprint density at radius 1 is 1.07 bits per heavy atom. The van der Waals surface area contributed by atoms with Crippen molar-refractivity contribution in [2.45, 2.75) is 26.7 Å². The third kappa shape index (κ3) is 6.46. The molecule has 148 valence electrons. The number of benzene rings is 2. The van der Waals surface area contributed by atoms with Crippen molar-refractivity contribution in [2.24, 2.45) is 0 Å². The largest absolute Gasteiger partial charge is 0.493 e. The van der Waals surface area contributed by atoms with Gasteiger partial charge in [0.25, 0.3) is 11.8 Å². The van der Waals surface area contributed by atoms with Crippen molar-refractivity contribution < 1.29 is 19.1 Å². The van der Waals surface area contributed by atoms with Crippen molar-refractivity contribution >= 4 is 17.9 Å². The van der Waals surface area contributed by atoms with Crippen molar-refractivity contribution in [3.8, 4) is 11.5 Å². The standard InChI is InChI=1S/C22H26N2O4/c1-4-5-13-28-19-11-10-18(15-20(19)27-3)22(26)24-23-21(25)12-9-17-8-6-7-16(2)14-17/h6-12,14-15H,4-5,13H2,1-3H3,(H,23,25)(H,24,26)/b12-9+. The van der Waals surface area contributed by atoms with Crippen LogP contribution in [0.2, 0.25) is 0 Å². The molecule has 0 spiro atoms. The monoisotopic (exact) mass is 382 g/mol. The molecule has 2 amide bonds. The Balaban J connectivity index is 1.92. The topological polar surface area (TPSA) is 76.7 Å². The van der Waals surface area contributed by atoms with E-state index in [0.717, 1.165) is 24.0 Å². The minimum atomic E-state index is -0.448. The third-order valence-electron chi connectivity index (χ3n) is 3.95. The number of hydrogen-bond acceptors (Lipinski definition) is 4. The number of amides is 2. The van der Waals surface area contributed by atoms with Gasteiger partial charge in [0.05, 0.1) is 13.7 Å². The third-order valence-corrected chi connectivity index (χ3v) is 3.95. The molecule has 2 aromatic carbocycles. The number of rotatable bonds is 8. The molecule has 0 radical (unpaired) electrons. The molecule has 0 aliphatic heterocycles. The van der Waals surface area contributed by atoms with Crippen LogP contribution in [0.5, 0.6) is 11.5 Å². The Hall–Kier alpha value is -3.28. The first-order valence-electron chi connectivity index (χ1n) is 9.19. The molecule has 0 saturated heterocycles. The van der Waals surface area contributed by atoms with Gasteiger partial charge in [-0.25, -0.2) is 0 Å². The summed E-state index contributed by atoms with van der Waals surface area (Å²) >= 11 is 0. The van der Waals surface area contributed by atoms with Gasteiger partial charge in [-0.3, -0.25) is 20.4 Å². The lowest BCUT2D eigenvalue weighted by atomic mass is 10.1. The summed E-state index contributed by atoms with van der Waals surface area (Å²) in [4.78, 5) is 24.2. The highest BCUT2D eigenvalue weighted by Gasteiger charge is 2.11. The van der Waals surface area contributed by atoms with Gasteiger partial charge < -0.3 is 9.47 Å². The summed E-state index contributed by atoms with van der Waals surface area (Å²) in [5.41, 5.74) is 7.11. The van der Waals surface area contributed by atoms with Gasteiger partial charge in [0.15, 0.2) is 11.5 Å². The molecule has 0 atom stereocenters. The van der Waals surface area contributed by atoms with E-state index in [4.69, 9.17) is 9.47 Å². The molecule has 2 N–H and O–H groups in total. The molecule has 6 heteroatoms. The number of carbonyl (C=O) groups excluding carboxylic acids is 2. The number of hydrazine groups is 1. The van der Waals surface area contributed by atoms with Gasteiger partial charge >= 0.3 is 0 Å². The van der Waals surface area contributed by atoms with Crippen LogP contribution in [0.25, 0.3) is 6.08 Å². The maximum atomic E-state index is 12.3. The maximum Gasteiger partial charge on any atom is 0.269 e. The second-order valence-electron chi connectivity index (χ2n) is 6.26. The van der Waals surface area contributed by atoms with Crippen LogP contribution in [-0.2, 0) is 4.79 Å². The van der Waals surface area contributed by atoms with E-state index in [0.29, 0.717) is 23.7 Å². The summed E-state index contributed by atoms with van der Waals surface area (Å²) in [6.07, 6.45) is 5.01. The zero-order valence-corrected chi connectivity index (χ0v) is 16.5. The van der Waals surface area contributed by atoms with Gasteiger partial charge in [-0.15, -0.1) is 0 Å². The second kappa shape index (κ2) is 10.8. The Morgan fingerprint density at radius 3 is 2.61 bits per heavy atom. The summed E-state index contributed by atoms with van der Waals surface area (Å²) < 4.78 is 10.9. The highest BCUT2D eigenvalue weighted by Crippen LogP contribution is 2.28. The Kier molecular flexibility index (Phi) is 8.09. The second-order valence-corrected chi connectivity index (χ2v) is 6.26. The van der Waals surface area contributed by atoms with E-state index in [9.17, 15) is 9.59 Å². The fraction of sp³-hybridized carbons (Fsp3) is 0.273. The van der Waals surface area contributed by atoms with Crippen molar-refractivity contribution in [3.63, 3.8) is 0 Å². The molecule has 0 aliphatic carbocycles. The van der Waals surface area contributed by atoms with Crippen LogP contribution < -0.4 is 20.3 Å². The summed E-state index contributed by atoms with van der Waals surface area (Å²) in [7, 11) is 1.52. The minimum absolute atomic E-state index is 0.350. The van der Waals surface area contributed by atoms with E-state index < -0.39 is 11.8 Å². The zero-order chi connectivity index (χ0) is 20.4. The average molecular weight is 382 g/mol. The number of methoxy groups -OCH3 is 1. The van der Waals surface area contributed by atoms with Gasteiger partial charge in [-0.2, -0.15) is 0 Å². The van der Waals surface area contributed by atoms with Crippen LogP contribution in [0.1, 0.15) is 41.3 Å². The number of hydrogen-bond donors (Lipinski definition) is 2. The van der Waals surface area contributed by atoms with E-state index in [1.54, 1.807) is 24.3 Å². The van der Waals surface area contributed by atoms with Crippen molar-refractivity contribution in [2.75, 3.05) is 13.7 Å². The summed E-state index contributed by atoms with van der Waals surface area (Å²) in [5, 5.41) is 0. The minimum Gasteiger partial charge on any atom is -0.493 e. The lowest BCUT2D eigenvalue weighted by molar-refractivity contribution is -0.117. The Morgan fingerprint density at radius 2 is 1.89 bits per heavy atom. The van der Waals surface area contributed by atoms with Crippen LogP contribution >= 0.6 is 0 Å². The maximum absolute atomic E-state index is 12.3. The smallest absolute Gasteiger partial charge is 0.269 e. The predicted molar refractivity (Wildman–Crippen MR) is 109 cm³/mol. The molecular formula is C22H26N2O4. The van der Waals surface area contributed by atoms with Crippen LogP contribution in [0.4, 0.5) is 0 Å². The molecule has 6 nitrogen and oxygen atoms in total. The molecule has 0 heterocycles. The molecule has 0 aliphatic rings. The number of unbranched alkanes of at least 4 members (excludes halogenated alkanes) is 1. The van der Waals surface area contributed by atoms with E-state index >= 15 is 0 Å². The van der Waals surface area contributed by atoms with Gasteiger partial charge in [-0.05, 0) is 43.2 Å². The first-order chi connectivity index (χ1) is 13.5. The predicted octanol–water partition coefficient (Wildman–Crippen LogP) is 3.66. The highest BCUT2D eigenvalue weighted by atomic mass is 16.5. The highest BCUT2D eigenvalue weighted by molar-refractivity contribution is 5.98. The van der Waals surface area contributed by atoms with E-state index in [2.05, 4.69) is 17.8 Å². The van der Waals surface area contributed by atoms with Crippen molar-refractivity contribution in [3.05, 3.63) is 65.2 Å². The van der Waals surface area contributed by atoms with Crippen LogP contribution in [-0.4, -0.2) is 25.5 Å². The number of aryl methyl sites for hydroxylation is 1. The molecule has 2 rings (SSSR count). The fourth-order valence-electron chi connectivity index (χ4n) is 2.43. The molecule has 2 aromatic rings. The van der Waals surface area contributed by atoms with E-state index in [1.807, 2.05) is 31.2 Å². The van der Waals surface area contributed by atoms with Crippen molar-refractivity contribution in [1.82, 2.24) is 10.9 Å². The van der Waals surface area contributed by atoms with E-state index in [1.165, 1.54) is 13.2 Å². The lowest BCUT2D eigenvalue weighted by Gasteiger charge is -2.12. The van der Waals surface area contributed by atoms with Gasteiger partial charge in [0, 0.05) is 11.6 Å². The van der Waals surface area contributed by atoms with Gasteiger partial charge in [0.2, 0.25) is 0 Å².